The molecular formula is C17H18Cl2N2O4. The first-order valence-electron chi connectivity index (χ1n) is 7.86. The highest BCUT2D eigenvalue weighted by Gasteiger charge is 2.60. The van der Waals surface area contributed by atoms with Crippen LogP contribution in [0.3, 0.4) is 0 Å². The molecule has 6 nitrogen and oxygen atoms in total. The van der Waals surface area contributed by atoms with Crippen LogP contribution in [0, 0.1) is 5.92 Å². The van der Waals surface area contributed by atoms with Crippen LogP contribution in [0.15, 0.2) is 23.4 Å². The summed E-state index contributed by atoms with van der Waals surface area (Å²) in [5.74, 6) is -0.410. The Morgan fingerprint density at radius 3 is 2.56 bits per heavy atom. The van der Waals surface area contributed by atoms with Crippen molar-refractivity contribution in [2.45, 2.75) is 38.5 Å². The molecule has 1 saturated heterocycles. The second-order valence-electron chi connectivity index (χ2n) is 7.07. The van der Waals surface area contributed by atoms with Crippen molar-refractivity contribution < 1.29 is 19.2 Å². The molecule has 0 radical (unpaired) electrons. The van der Waals surface area contributed by atoms with E-state index in [4.69, 9.17) is 32.8 Å². The largest absolute Gasteiger partial charge is 0.444 e. The van der Waals surface area contributed by atoms with Crippen LogP contribution >= 0.6 is 23.2 Å². The third-order valence-electron chi connectivity index (χ3n) is 4.12. The van der Waals surface area contributed by atoms with Crippen LogP contribution in [0.4, 0.5) is 4.79 Å². The minimum atomic E-state index is -1.49. The molecular weight excluding hydrogens is 367 g/mol. The standard InChI is InChI=1S/C17H18Cl2N2O4/c1-16(2,3)24-15(23)21-5-4-13-14(20-25-17(13,21)9-22)10-6-11(18)8-12(19)7-10/h6-9,13H,4-5H2,1-3H3. The number of halogens is 2. The Hall–Kier alpha value is -1.79. The number of likely N-dealkylation sites (tertiary alicyclic amines) is 1. The molecule has 25 heavy (non-hydrogen) atoms. The van der Waals surface area contributed by atoms with Gasteiger partial charge in [0.1, 0.15) is 5.60 Å². The lowest BCUT2D eigenvalue weighted by Gasteiger charge is -2.32. The molecule has 2 aliphatic rings. The monoisotopic (exact) mass is 384 g/mol. The van der Waals surface area contributed by atoms with Crippen molar-refractivity contribution in [3.05, 3.63) is 33.8 Å². The zero-order valence-corrected chi connectivity index (χ0v) is 15.6. The van der Waals surface area contributed by atoms with Gasteiger partial charge in [0.15, 0.2) is 6.29 Å². The van der Waals surface area contributed by atoms with Gasteiger partial charge in [-0.3, -0.25) is 9.69 Å². The van der Waals surface area contributed by atoms with E-state index < -0.39 is 23.3 Å². The van der Waals surface area contributed by atoms with Crippen molar-refractivity contribution in [3.8, 4) is 0 Å². The second-order valence-corrected chi connectivity index (χ2v) is 7.94. The summed E-state index contributed by atoms with van der Waals surface area (Å²) in [6.07, 6.45) is 0.515. The minimum absolute atomic E-state index is 0.325. The fraction of sp³-hybridized carbons (Fsp3) is 0.471. The van der Waals surface area contributed by atoms with Gasteiger partial charge in [-0.15, -0.1) is 0 Å². The Balaban J connectivity index is 1.91. The molecule has 1 fully saturated rings. The topological polar surface area (TPSA) is 68.2 Å². The van der Waals surface area contributed by atoms with E-state index in [-0.39, 0.29) is 0 Å². The number of nitrogens with zero attached hydrogens (tertiary/aromatic N) is 2. The third kappa shape index (κ3) is 3.20. The van der Waals surface area contributed by atoms with Crippen molar-refractivity contribution in [3.63, 3.8) is 0 Å². The number of hydrogen-bond donors (Lipinski definition) is 0. The van der Waals surface area contributed by atoms with Crippen molar-refractivity contribution in [1.82, 2.24) is 4.90 Å². The highest BCUT2D eigenvalue weighted by atomic mass is 35.5. The van der Waals surface area contributed by atoms with Crippen LogP contribution < -0.4 is 0 Å². The number of carbonyl (C=O) groups excluding carboxylic acids is 2. The average Bonchev–Trinajstić information content (AvgIpc) is 3.00. The van der Waals surface area contributed by atoms with Gasteiger partial charge < -0.3 is 9.57 Å². The van der Waals surface area contributed by atoms with E-state index in [1.165, 1.54) is 4.90 Å². The summed E-state index contributed by atoms with van der Waals surface area (Å²) in [7, 11) is 0. The summed E-state index contributed by atoms with van der Waals surface area (Å²) in [5.41, 5.74) is -0.964. The van der Waals surface area contributed by atoms with E-state index in [0.29, 0.717) is 40.6 Å². The van der Waals surface area contributed by atoms with Crippen molar-refractivity contribution in [2.75, 3.05) is 6.54 Å². The van der Waals surface area contributed by atoms with Gasteiger partial charge in [-0.25, -0.2) is 4.79 Å². The summed E-state index contributed by atoms with van der Waals surface area (Å²) < 4.78 is 5.39. The molecule has 1 amide bonds. The van der Waals surface area contributed by atoms with E-state index in [9.17, 15) is 9.59 Å². The molecule has 0 aliphatic carbocycles. The third-order valence-corrected chi connectivity index (χ3v) is 4.56. The molecule has 134 valence electrons. The van der Waals surface area contributed by atoms with E-state index in [1.807, 2.05) is 0 Å². The fourth-order valence-corrected chi connectivity index (χ4v) is 3.66. The molecule has 0 aromatic heterocycles. The number of oxime groups is 1. The number of hydrogen-bond acceptors (Lipinski definition) is 5. The normalized spacial score (nSPS) is 25.2. The maximum absolute atomic E-state index is 12.5. The first-order chi connectivity index (χ1) is 11.7. The molecule has 2 aliphatic heterocycles. The lowest BCUT2D eigenvalue weighted by Crippen LogP contribution is -2.53. The number of benzene rings is 1. The molecule has 0 bridgehead atoms. The van der Waals surface area contributed by atoms with E-state index in [1.54, 1.807) is 39.0 Å². The highest BCUT2D eigenvalue weighted by molar-refractivity contribution is 6.35. The van der Waals surface area contributed by atoms with Crippen molar-refractivity contribution >= 4 is 41.3 Å². The molecule has 1 aromatic carbocycles. The minimum Gasteiger partial charge on any atom is -0.444 e. The number of carbonyl (C=O) groups is 2. The van der Waals surface area contributed by atoms with Gasteiger partial charge in [0, 0.05) is 22.2 Å². The van der Waals surface area contributed by atoms with Gasteiger partial charge in [0.2, 0.25) is 0 Å². The summed E-state index contributed by atoms with van der Waals surface area (Å²) in [6, 6.07) is 5.01. The fourth-order valence-electron chi connectivity index (χ4n) is 3.13. The van der Waals surface area contributed by atoms with Gasteiger partial charge in [0.05, 0.1) is 11.6 Å². The van der Waals surface area contributed by atoms with Gasteiger partial charge in [0.25, 0.3) is 5.72 Å². The molecule has 8 heteroatoms. The quantitative estimate of drug-likeness (QED) is 0.725. The predicted octanol–water partition coefficient (Wildman–Crippen LogP) is 3.88. The Bertz CT molecular complexity index is 739. The highest BCUT2D eigenvalue weighted by Crippen LogP contribution is 2.43. The van der Waals surface area contributed by atoms with Crippen LogP contribution in [0.5, 0.6) is 0 Å². The molecule has 0 saturated carbocycles. The first-order valence-corrected chi connectivity index (χ1v) is 8.61. The van der Waals surface area contributed by atoms with Crippen molar-refractivity contribution in [2.24, 2.45) is 11.1 Å². The van der Waals surface area contributed by atoms with Crippen LogP contribution in [0.2, 0.25) is 10.0 Å². The molecule has 0 spiro atoms. The van der Waals surface area contributed by atoms with E-state index in [0.717, 1.165) is 0 Å². The van der Waals surface area contributed by atoms with Gasteiger partial charge in [-0.2, -0.15) is 0 Å². The molecule has 2 unspecified atom stereocenters. The summed E-state index contributed by atoms with van der Waals surface area (Å²) in [4.78, 5) is 31.2. The first kappa shape index (κ1) is 18.0. The Morgan fingerprint density at radius 1 is 1.36 bits per heavy atom. The molecule has 0 N–H and O–H groups in total. The van der Waals surface area contributed by atoms with Gasteiger partial charge >= 0.3 is 6.09 Å². The van der Waals surface area contributed by atoms with E-state index >= 15 is 0 Å². The summed E-state index contributed by atoms with van der Waals surface area (Å²) in [5, 5.41) is 4.97. The number of fused-ring (bicyclic) bond motifs is 1. The molecule has 2 heterocycles. The van der Waals surface area contributed by atoms with Crippen LogP contribution in [0.25, 0.3) is 0 Å². The zero-order chi connectivity index (χ0) is 18.4. The maximum atomic E-state index is 12.5. The smallest absolute Gasteiger partial charge is 0.413 e. The maximum Gasteiger partial charge on any atom is 0.413 e. The Morgan fingerprint density at radius 2 is 2.00 bits per heavy atom. The average molecular weight is 385 g/mol. The van der Waals surface area contributed by atoms with Crippen LogP contribution in [-0.2, 0) is 14.4 Å². The number of aldehydes is 1. The lowest BCUT2D eigenvalue weighted by atomic mass is 9.89. The summed E-state index contributed by atoms with van der Waals surface area (Å²) in [6.45, 7) is 5.61. The number of rotatable bonds is 2. The number of ether oxygens (including phenoxy) is 1. The predicted molar refractivity (Wildman–Crippen MR) is 93.9 cm³/mol. The molecule has 1 aromatic rings. The molecule has 2 atom stereocenters. The zero-order valence-electron chi connectivity index (χ0n) is 14.1. The van der Waals surface area contributed by atoms with E-state index in [2.05, 4.69) is 5.16 Å². The second kappa shape index (κ2) is 6.18. The Labute approximate surface area is 155 Å². The van der Waals surface area contributed by atoms with Crippen molar-refractivity contribution in [1.29, 1.82) is 0 Å². The number of amides is 1. The van der Waals surface area contributed by atoms with Crippen LogP contribution in [-0.4, -0.2) is 40.9 Å². The SMILES string of the molecule is CC(C)(C)OC(=O)N1CCC2C(c3cc(Cl)cc(Cl)c3)=NOC21C=O. The lowest BCUT2D eigenvalue weighted by molar-refractivity contribution is -0.152. The Kier molecular flexibility index (Phi) is 4.45. The summed E-state index contributed by atoms with van der Waals surface area (Å²) >= 11 is 12.1. The van der Waals surface area contributed by atoms with Gasteiger partial charge in [-0.1, -0.05) is 28.4 Å². The molecule has 3 rings (SSSR count). The van der Waals surface area contributed by atoms with Crippen LogP contribution in [0.1, 0.15) is 32.8 Å². The van der Waals surface area contributed by atoms with Gasteiger partial charge in [-0.05, 0) is 45.4 Å².